The summed E-state index contributed by atoms with van der Waals surface area (Å²) in [6, 6.07) is 22.2. The quantitative estimate of drug-likeness (QED) is 0.231. The first-order chi connectivity index (χ1) is 19.5. The second kappa shape index (κ2) is 12.8. The third-order valence-electron chi connectivity index (χ3n) is 6.78. The minimum Gasteiger partial charge on any atom is -0.493 e. The summed E-state index contributed by atoms with van der Waals surface area (Å²) in [6.45, 7) is 7.41. The number of nitrogens with zero attached hydrogens (tertiary/aromatic N) is 4. The van der Waals surface area contributed by atoms with Gasteiger partial charge in [0, 0.05) is 48.8 Å². The average Bonchev–Trinajstić information content (AvgIpc) is 2.99. The van der Waals surface area contributed by atoms with E-state index in [2.05, 4.69) is 44.1 Å². The SMILES string of the molecule is CCN1CCN(c2ccc(Nc3ncc(/C(F)=C/c4ccccc4Cl)c(Oc4ccccc4OC)n3)cc2)CC1. The molecule has 3 aromatic carbocycles. The van der Waals surface area contributed by atoms with E-state index in [1.165, 1.54) is 18.0 Å². The van der Waals surface area contributed by atoms with Gasteiger partial charge in [0.1, 0.15) is 5.83 Å². The molecule has 0 unspecified atom stereocenters. The van der Waals surface area contributed by atoms with Crippen molar-refractivity contribution in [1.82, 2.24) is 14.9 Å². The number of ether oxygens (including phenoxy) is 2. The van der Waals surface area contributed by atoms with Crippen molar-refractivity contribution in [3.63, 3.8) is 0 Å². The molecule has 7 nitrogen and oxygen atoms in total. The molecule has 1 aliphatic rings. The maximum Gasteiger partial charge on any atom is 0.234 e. The van der Waals surface area contributed by atoms with Gasteiger partial charge in [0.25, 0.3) is 0 Å². The first-order valence-electron chi connectivity index (χ1n) is 13.2. The number of nitrogens with one attached hydrogen (secondary N) is 1. The minimum atomic E-state index is -0.586. The van der Waals surface area contributed by atoms with Crippen molar-refractivity contribution in [2.75, 3.05) is 50.1 Å². The fourth-order valence-electron chi connectivity index (χ4n) is 4.49. The number of para-hydroxylation sites is 2. The number of rotatable bonds is 9. The van der Waals surface area contributed by atoms with Gasteiger partial charge in [0.15, 0.2) is 11.5 Å². The molecule has 0 spiro atoms. The van der Waals surface area contributed by atoms with Crippen LogP contribution >= 0.6 is 11.6 Å². The molecule has 0 radical (unpaired) electrons. The number of likely N-dealkylation sites (N-methyl/N-ethyl adjacent to an activating group) is 1. The summed E-state index contributed by atoms with van der Waals surface area (Å²) in [5.41, 5.74) is 2.59. The summed E-state index contributed by atoms with van der Waals surface area (Å²) in [5.74, 6) is 0.607. The largest absolute Gasteiger partial charge is 0.493 e. The zero-order valence-electron chi connectivity index (χ0n) is 22.5. The van der Waals surface area contributed by atoms with Crippen LogP contribution in [0.2, 0.25) is 5.02 Å². The van der Waals surface area contributed by atoms with E-state index in [0.29, 0.717) is 22.1 Å². The zero-order valence-corrected chi connectivity index (χ0v) is 23.2. The Morgan fingerprint density at radius 3 is 2.38 bits per heavy atom. The summed E-state index contributed by atoms with van der Waals surface area (Å²) < 4.78 is 27.0. The number of hydrogen-bond acceptors (Lipinski definition) is 7. The van der Waals surface area contributed by atoms with Crippen molar-refractivity contribution in [1.29, 1.82) is 0 Å². The second-order valence-electron chi connectivity index (χ2n) is 9.27. The Balaban J connectivity index is 1.41. The van der Waals surface area contributed by atoms with Crippen molar-refractivity contribution in [2.24, 2.45) is 0 Å². The number of halogens is 2. The fraction of sp³-hybridized carbons (Fsp3) is 0.226. The number of benzene rings is 3. The molecule has 1 aliphatic heterocycles. The van der Waals surface area contributed by atoms with Gasteiger partial charge in [-0.15, -0.1) is 0 Å². The normalized spacial score (nSPS) is 14.2. The molecular formula is C31H31ClFN5O2. The van der Waals surface area contributed by atoms with Crippen LogP contribution in [0, 0.1) is 0 Å². The smallest absolute Gasteiger partial charge is 0.234 e. The maximum absolute atomic E-state index is 15.6. The third kappa shape index (κ3) is 6.52. The molecule has 1 saturated heterocycles. The molecule has 9 heteroatoms. The minimum absolute atomic E-state index is 0.0354. The zero-order chi connectivity index (χ0) is 27.9. The Morgan fingerprint density at radius 2 is 1.68 bits per heavy atom. The molecule has 2 heterocycles. The number of anilines is 3. The second-order valence-corrected chi connectivity index (χ2v) is 9.68. The van der Waals surface area contributed by atoms with E-state index in [1.807, 2.05) is 18.2 Å². The highest BCUT2D eigenvalue weighted by atomic mass is 35.5. The van der Waals surface area contributed by atoms with Gasteiger partial charge < -0.3 is 24.6 Å². The van der Waals surface area contributed by atoms with Crippen LogP contribution < -0.4 is 19.7 Å². The van der Waals surface area contributed by atoms with Gasteiger partial charge in [0.05, 0.1) is 12.7 Å². The summed E-state index contributed by atoms with van der Waals surface area (Å²) in [4.78, 5) is 13.7. The Hall–Kier alpha value is -4.14. The number of piperazine rings is 1. The van der Waals surface area contributed by atoms with E-state index in [1.54, 1.807) is 49.6 Å². The molecule has 0 aliphatic carbocycles. The van der Waals surface area contributed by atoms with E-state index in [-0.39, 0.29) is 17.4 Å². The Morgan fingerprint density at radius 1 is 0.975 bits per heavy atom. The lowest BCUT2D eigenvalue weighted by molar-refractivity contribution is 0.271. The third-order valence-corrected chi connectivity index (χ3v) is 7.13. The predicted molar refractivity (Wildman–Crippen MR) is 160 cm³/mol. The van der Waals surface area contributed by atoms with Crippen LogP contribution in [0.4, 0.5) is 21.7 Å². The number of methoxy groups -OCH3 is 1. The predicted octanol–water partition coefficient (Wildman–Crippen LogP) is 7.28. The molecule has 1 aromatic heterocycles. The van der Waals surface area contributed by atoms with Gasteiger partial charge in [0.2, 0.25) is 11.8 Å². The molecule has 0 bridgehead atoms. The van der Waals surface area contributed by atoms with Gasteiger partial charge >= 0.3 is 0 Å². The molecule has 4 aromatic rings. The lowest BCUT2D eigenvalue weighted by Gasteiger charge is -2.35. The number of hydrogen-bond donors (Lipinski definition) is 1. The summed E-state index contributed by atoms with van der Waals surface area (Å²) >= 11 is 6.25. The molecule has 0 saturated carbocycles. The van der Waals surface area contributed by atoms with Crippen LogP contribution in [0.25, 0.3) is 11.9 Å². The monoisotopic (exact) mass is 559 g/mol. The summed E-state index contributed by atoms with van der Waals surface area (Å²) in [6.07, 6.45) is 2.73. The molecule has 1 N–H and O–H groups in total. The standard InChI is InChI=1S/C31H31ClFN5O2/c1-3-37-16-18-38(19-17-37)24-14-12-23(13-15-24)35-31-34-21-25(27(33)20-22-8-4-5-9-26(22)32)30(36-31)40-29-11-7-6-10-28(29)39-2/h4-15,20-21H,3,16-19H2,1-2H3,(H,34,35,36)/b27-20-. The molecule has 0 atom stereocenters. The van der Waals surface area contributed by atoms with Gasteiger partial charge in [-0.2, -0.15) is 4.98 Å². The molecule has 1 fully saturated rings. The Labute approximate surface area is 238 Å². The first-order valence-corrected chi connectivity index (χ1v) is 13.6. The average molecular weight is 560 g/mol. The molecule has 0 amide bonds. The van der Waals surface area contributed by atoms with Gasteiger partial charge in [-0.25, -0.2) is 9.37 Å². The number of aromatic nitrogens is 2. The Kier molecular flexibility index (Phi) is 8.78. The van der Waals surface area contributed by atoms with E-state index in [9.17, 15) is 0 Å². The lowest BCUT2D eigenvalue weighted by atomic mass is 10.1. The first kappa shape index (κ1) is 27.4. The molecule has 206 valence electrons. The topological polar surface area (TPSA) is 62.8 Å². The van der Waals surface area contributed by atoms with Crippen molar-refractivity contribution in [3.05, 3.63) is 95.1 Å². The van der Waals surface area contributed by atoms with E-state index < -0.39 is 5.83 Å². The van der Waals surface area contributed by atoms with Crippen LogP contribution in [-0.4, -0.2) is 54.7 Å². The highest BCUT2D eigenvalue weighted by molar-refractivity contribution is 6.32. The van der Waals surface area contributed by atoms with Crippen molar-refractivity contribution in [2.45, 2.75) is 6.92 Å². The fourth-order valence-corrected chi connectivity index (χ4v) is 4.68. The molecule has 5 rings (SSSR count). The van der Waals surface area contributed by atoms with Crippen LogP contribution in [0.3, 0.4) is 0 Å². The van der Waals surface area contributed by atoms with Gasteiger partial charge in [-0.05, 0) is 60.6 Å². The van der Waals surface area contributed by atoms with Crippen molar-refractivity contribution in [3.8, 4) is 17.4 Å². The molecule has 40 heavy (non-hydrogen) atoms. The van der Waals surface area contributed by atoms with Crippen molar-refractivity contribution >= 4 is 40.8 Å². The lowest BCUT2D eigenvalue weighted by Crippen LogP contribution is -2.46. The Bertz CT molecular complexity index is 1470. The molecular weight excluding hydrogens is 529 g/mol. The van der Waals surface area contributed by atoms with E-state index in [4.69, 9.17) is 21.1 Å². The summed E-state index contributed by atoms with van der Waals surface area (Å²) in [5, 5.41) is 3.64. The van der Waals surface area contributed by atoms with Crippen molar-refractivity contribution < 1.29 is 13.9 Å². The van der Waals surface area contributed by atoms with E-state index >= 15 is 4.39 Å². The highest BCUT2D eigenvalue weighted by Crippen LogP contribution is 2.36. The highest BCUT2D eigenvalue weighted by Gasteiger charge is 2.18. The van der Waals surface area contributed by atoms with Crippen LogP contribution in [0.5, 0.6) is 17.4 Å². The van der Waals surface area contributed by atoms with E-state index in [0.717, 1.165) is 38.4 Å². The van der Waals surface area contributed by atoms with Crippen LogP contribution in [0.15, 0.2) is 79.0 Å². The van der Waals surface area contributed by atoms with Crippen LogP contribution in [-0.2, 0) is 0 Å². The maximum atomic E-state index is 15.6. The van der Waals surface area contributed by atoms with Crippen LogP contribution in [0.1, 0.15) is 18.1 Å². The summed E-state index contributed by atoms with van der Waals surface area (Å²) in [7, 11) is 1.54. The van der Waals surface area contributed by atoms with Gasteiger partial charge in [-0.1, -0.05) is 48.9 Å². The van der Waals surface area contributed by atoms with Gasteiger partial charge in [-0.3, -0.25) is 0 Å².